The molecule has 112 valence electrons. The molecule has 4 heteroatoms. The van der Waals surface area contributed by atoms with Crippen LogP contribution >= 0.6 is 0 Å². The van der Waals surface area contributed by atoms with E-state index in [-0.39, 0.29) is 5.41 Å². The highest BCUT2D eigenvalue weighted by molar-refractivity contribution is 4.81. The molecule has 0 aromatic carbocycles. The van der Waals surface area contributed by atoms with Crippen molar-refractivity contribution in [3.8, 4) is 0 Å². The monoisotopic (exact) mass is 272 g/mol. The molecule has 0 heterocycles. The minimum absolute atomic E-state index is 0.280. The van der Waals surface area contributed by atoms with Gasteiger partial charge in [-0.15, -0.1) is 13.2 Å². The Labute approximate surface area is 117 Å². The summed E-state index contributed by atoms with van der Waals surface area (Å²) in [5.41, 5.74) is -0.280. The molecule has 0 unspecified atom stereocenters. The first kappa shape index (κ1) is 18.3. The van der Waals surface area contributed by atoms with Crippen molar-refractivity contribution in [3.05, 3.63) is 25.3 Å². The summed E-state index contributed by atoms with van der Waals surface area (Å²) >= 11 is 0. The van der Waals surface area contributed by atoms with Gasteiger partial charge in [-0.05, 0) is 13.8 Å². The number of hydrogen-bond donors (Lipinski definition) is 0. The molecule has 4 nitrogen and oxygen atoms in total. The average molecular weight is 272 g/mol. The van der Waals surface area contributed by atoms with Gasteiger partial charge in [-0.2, -0.15) is 0 Å². The minimum Gasteiger partial charge on any atom is -0.381 e. The van der Waals surface area contributed by atoms with E-state index in [2.05, 4.69) is 13.2 Å². The van der Waals surface area contributed by atoms with E-state index in [0.717, 1.165) is 0 Å². The second-order valence-corrected chi connectivity index (χ2v) is 4.38. The minimum atomic E-state index is -0.280. The molecule has 0 bridgehead atoms. The first-order valence-electron chi connectivity index (χ1n) is 6.77. The van der Waals surface area contributed by atoms with Crippen LogP contribution in [0.4, 0.5) is 0 Å². The predicted molar refractivity (Wildman–Crippen MR) is 77.5 cm³/mol. The van der Waals surface area contributed by atoms with Crippen molar-refractivity contribution in [2.45, 2.75) is 13.8 Å². The van der Waals surface area contributed by atoms with Gasteiger partial charge in [0.05, 0.1) is 45.1 Å². The first-order chi connectivity index (χ1) is 9.24. The summed E-state index contributed by atoms with van der Waals surface area (Å²) < 4.78 is 22.3. The molecule has 0 radical (unpaired) electrons. The molecule has 0 N–H and O–H groups in total. The zero-order chi connectivity index (χ0) is 14.4. The molecule has 0 saturated heterocycles. The molecule has 0 aromatic rings. The second-order valence-electron chi connectivity index (χ2n) is 4.38. The molecular weight excluding hydrogens is 244 g/mol. The Morgan fingerprint density at radius 3 is 1.42 bits per heavy atom. The second kappa shape index (κ2) is 12.4. The Hall–Kier alpha value is -0.680. The lowest BCUT2D eigenvalue weighted by Crippen LogP contribution is -2.41. The van der Waals surface area contributed by atoms with Crippen molar-refractivity contribution in [1.82, 2.24) is 0 Å². The SMILES string of the molecule is C=CCOCC(COCC)(COCC)COCC=C. The molecule has 0 aliphatic heterocycles. The predicted octanol–water partition coefficient (Wildman–Crippen LogP) is 2.45. The van der Waals surface area contributed by atoms with Crippen molar-refractivity contribution in [1.29, 1.82) is 0 Å². The molecule has 0 saturated carbocycles. The van der Waals surface area contributed by atoms with Crippen LogP contribution in [-0.2, 0) is 18.9 Å². The summed E-state index contributed by atoms with van der Waals surface area (Å²) in [4.78, 5) is 0. The van der Waals surface area contributed by atoms with Crippen LogP contribution in [0.15, 0.2) is 25.3 Å². The van der Waals surface area contributed by atoms with Crippen LogP contribution in [0, 0.1) is 5.41 Å². The largest absolute Gasteiger partial charge is 0.381 e. The molecule has 0 aliphatic rings. The lowest BCUT2D eigenvalue weighted by atomic mass is 9.92. The smallest absolute Gasteiger partial charge is 0.0645 e. The van der Waals surface area contributed by atoms with Crippen LogP contribution in [0.5, 0.6) is 0 Å². The Morgan fingerprint density at radius 1 is 0.737 bits per heavy atom. The first-order valence-corrected chi connectivity index (χ1v) is 6.77. The highest BCUT2D eigenvalue weighted by atomic mass is 16.5. The number of rotatable bonds is 14. The quantitative estimate of drug-likeness (QED) is 0.359. The van der Waals surface area contributed by atoms with Gasteiger partial charge in [0.25, 0.3) is 0 Å². The topological polar surface area (TPSA) is 36.9 Å². The van der Waals surface area contributed by atoms with Gasteiger partial charge in [0, 0.05) is 13.2 Å². The van der Waals surface area contributed by atoms with Gasteiger partial charge in [0.2, 0.25) is 0 Å². The lowest BCUT2D eigenvalue weighted by molar-refractivity contribution is -0.0978. The van der Waals surface area contributed by atoms with Crippen molar-refractivity contribution >= 4 is 0 Å². The third-order valence-corrected chi connectivity index (χ3v) is 2.51. The van der Waals surface area contributed by atoms with Crippen LogP contribution in [-0.4, -0.2) is 52.9 Å². The van der Waals surface area contributed by atoms with E-state index < -0.39 is 0 Å². The highest BCUT2D eigenvalue weighted by Crippen LogP contribution is 2.20. The third-order valence-electron chi connectivity index (χ3n) is 2.51. The summed E-state index contributed by atoms with van der Waals surface area (Å²) in [6.07, 6.45) is 3.47. The maximum atomic E-state index is 5.59. The van der Waals surface area contributed by atoms with E-state index in [4.69, 9.17) is 18.9 Å². The Kier molecular flexibility index (Phi) is 11.9. The van der Waals surface area contributed by atoms with Crippen molar-refractivity contribution < 1.29 is 18.9 Å². The molecule has 0 fully saturated rings. The summed E-state index contributed by atoms with van der Waals surface area (Å²) in [6, 6.07) is 0. The average Bonchev–Trinajstić information content (AvgIpc) is 2.43. The van der Waals surface area contributed by atoms with Gasteiger partial charge in [-0.1, -0.05) is 12.2 Å². The molecule has 0 spiro atoms. The number of ether oxygens (including phenoxy) is 4. The van der Waals surface area contributed by atoms with E-state index in [9.17, 15) is 0 Å². The van der Waals surface area contributed by atoms with E-state index >= 15 is 0 Å². The maximum absolute atomic E-state index is 5.59. The fourth-order valence-corrected chi connectivity index (χ4v) is 1.60. The molecule has 0 amide bonds. The Morgan fingerprint density at radius 2 is 1.11 bits per heavy atom. The van der Waals surface area contributed by atoms with E-state index in [0.29, 0.717) is 52.9 Å². The molecule has 19 heavy (non-hydrogen) atoms. The standard InChI is InChI=1S/C15H28O4/c1-5-9-18-13-15(11-16-7-3,12-17-8-4)14-19-10-6-2/h5-6H,1-2,7-14H2,3-4H3. The van der Waals surface area contributed by atoms with Gasteiger partial charge in [-0.3, -0.25) is 0 Å². The summed E-state index contributed by atoms with van der Waals surface area (Å²) in [5.74, 6) is 0. The van der Waals surface area contributed by atoms with Crippen molar-refractivity contribution in [2.24, 2.45) is 5.41 Å². The van der Waals surface area contributed by atoms with Gasteiger partial charge < -0.3 is 18.9 Å². The third kappa shape index (κ3) is 8.94. The maximum Gasteiger partial charge on any atom is 0.0645 e. The van der Waals surface area contributed by atoms with Crippen molar-refractivity contribution in [2.75, 3.05) is 52.9 Å². The Balaban J connectivity index is 4.51. The molecule has 0 aromatic heterocycles. The fraction of sp³-hybridized carbons (Fsp3) is 0.733. The van der Waals surface area contributed by atoms with E-state index in [1.807, 2.05) is 13.8 Å². The van der Waals surface area contributed by atoms with Crippen LogP contribution < -0.4 is 0 Å². The molecule has 0 atom stereocenters. The summed E-state index contributed by atoms with van der Waals surface area (Å²) in [5, 5.41) is 0. The van der Waals surface area contributed by atoms with E-state index in [1.165, 1.54) is 0 Å². The normalized spacial score (nSPS) is 11.5. The van der Waals surface area contributed by atoms with E-state index in [1.54, 1.807) is 12.2 Å². The summed E-state index contributed by atoms with van der Waals surface area (Å²) in [6.45, 7) is 15.8. The number of hydrogen-bond acceptors (Lipinski definition) is 4. The fourth-order valence-electron chi connectivity index (χ4n) is 1.60. The summed E-state index contributed by atoms with van der Waals surface area (Å²) in [7, 11) is 0. The molecule has 0 rings (SSSR count). The zero-order valence-electron chi connectivity index (χ0n) is 12.4. The molecule has 0 aliphatic carbocycles. The van der Waals surface area contributed by atoms with Gasteiger partial charge in [0.1, 0.15) is 0 Å². The zero-order valence-corrected chi connectivity index (χ0v) is 12.4. The lowest BCUT2D eigenvalue weighted by Gasteiger charge is -2.32. The van der Waals surface area contributed by atoms with Crippen LogP contribution in [0.2, 0.25) is 0 Å². The van der Waals surface area contributed by atoms with Crippen LogP contribution in [0.3, 0.4) is 0 Å². The molecular formula is C15H28O4. The van der Waals surface area contributed by atoms with Crippen LogP contribution in [0.1, 0.15) is 13.8 Å². The van der Waals surface area contributed by atoms with Crippen molar-refractivity contribution in [3.63, 3.8) is 0 Å². The van der Waals surface area contributed by atoms with Crippen LogP contribution in [0.25, 0.3) is 0 Å². The van der Waals surface area contributed by atoms with Gasteiger partial charge >= 0.3 is 0 Å². The van der Waals surface area contributed by atoms with Gasteiger partial charge in [0.15, 0.2) is 0 Å². The highest BCUT2D eigenvalue weighted by Gasteiger charge is 2.32. The Bertz CT molecular complexity index is 204. The van der Waals surface area contributed by atoms with Gasteiger partial charge in [-0.25, -0.2) is 0 Å².